The lowest BCUT2D eigenvalue weighted by Gasteiger charge is -2.24. The van der Waals surface area contributed by atoms with E-state index in [2.05, 4.69) is 37.3 Å². The first-order chi connectivity index (χ1) is 7.04. The maximum atomic E-state index is 9.03. The van der Waals surface area contributed by atoms with Gasteiger partial charge in [-0.25, -0.2) is 0 Å². The standard InChI is InChI=1S/C11H16N4/c1-11(2,3)15-10-7-13-5-4-8(10)9(6-12)14-15/h13H,4-5,7H2,1-3H3. The fourth-order valence-electron chi connectivity index (χ4n) is 1.99. The first kappa shape index (κ1) is 10.2. The van der Waals surface area contributed by atoms with Gasteiger partial charge in [0.1, 0.15) is 6.07 Å². The topological polar surface area (TPSA) is 53.6 Å². The summed E-state index contributed by atoms with van der Waals surface area (Å²) in [5.41, 5.74) is 2.84. The summed E-state index contributed by atoms with van der Waals surface area (Å²) in [6.45, 7) is 8.08. The summed E-state index contributed by atoms with van der Waals surface area (Å²) in [7, 11) is 0. The normalized spacial score (nSPS) is 15.9. The molecule has 0 atom stereocenters. The fourth-order valence-corrected chi connectivity index (χ4v) is 1.99. The Morgan fingerprint density at radius 2 is 2.20 bits per heavy atom. The van der Waals surface area contributed by atoms with Crippen molar-refractivity contribution in [2.24, 2.45) is 0 Å². The summed E-state index contributed by atoms with van der Waals surface area (Å²) >= 11 is 0. The summed E-state index contributed by atoms with van der Waals surface area (Å²) in [6.07, 6.45) is 0.911. The molecule has 0 unspecified atom stereocenters. The molecule has 0 spiro atoms. The molecule has 0 fully saturated rings. The molecule has 2 heterocycles. The van der Waals surface area contributed by atoms with Crippen LogP contribution in [0.4, 0.5) is 0 Å². The Hall–Kier alpha value is -1.34. The van der Waals surface area contributed by atoms with Gasteiger partial charge < -0.3 is 5.32 Å². The Labute approximate surface area is 89.9 Å². The zero-order valence-corrected chi connectivity index (χ0v) is 9.46. The van der Waals surface area contributed by atoms with Crippen LogP contribution < -0.4 is 5.32 Å². The third-order valence-corrected chi connectivity index (χ3v) is 2.68. The van der Waals surface area contributed by atoms with E-state index >= 15 is 0 Å². The van der Waals surface area contributed by atoms with Crippen LogP contribution in [0.25, 0.3) is 0 Å². The highest BCUT2D eigenvalue weighted by Crippen LogP contribution is 2.24. The minimum atomic E-state index is -0.0573. The minimum absolute atomic E-state index is 0.0573. The van der Waals surface area contributed by atoms with Crippen molar-refractivity contribution >= 4 is 0 Å². The van der Waals surface area contributed by atoms with Gasteiger partial charge in [0.15, 0.2) is 5.69 Å². The van der Waals surface area contributed by atoms with Crippen molar-refractivity contribution in [2.45, 2.75) is 39.3 Å². The largest absolute Gasteiger partial charge is 0.311 e. The average Bonchev–Trinajstić information content (AvgIpc) is 2.55. The molecule has 0 amide bonds. The summed E-state index contributed by atoms with van der Waals surface area (Å²) in [5, 5.41) is 16.7. The lowest BCUT2D eigenvalue weighted by molar-refractivity contribution is 0.337. The van der Waals surface area contributed by atoms with E-state index in [-0.39, 0.29) is 5.54 Å². The highest BCUT2D eigenvalue weighted by Gasteiger charge is 2.26. The molecular weight excluding hydrogens is 188 g/mol. The first-order valence-electron chi connectivity index (χ1n) is 5.26. The van der Waals surface area contributed by atoms with E-state index in [0.29, 0.717) is 5.69 Å². The van der Waals surface area contributed by atoms with Crippen molar-refractivity contribution in [2.75, 3.05) is 6.54 Å². The van der Waals surface area contributed by atoms with E-state index in [1.807, 2.05) is 4.68 Å². The zero-order valence-electron chi connectivity index (χ0n) is 9.46. The van der Waals surface area contributed by atoms with Gasteiger partial charge in [-0.2, -0.15) is 10.4 Å². The quantitative estimate of drug-likeness (QED) is 0.690. The Balaban J connectivity index is 2.58. The number of rotatable bonds is 0. The van der Waals surface area contributed by atoms with Crippen LogP contribution in [0.1, 0.15) is 37.7 Å². The van der Waals surface area contributed by atoms with Crippen molar-refractivity contribution in [1.82, 2.24) is 15.1 Å². The van der Waals surface area contributed by atoms with Gasteiger partial charge in [0.2, 0.25) is 0 Å². The van der Waals surface area contributed by atoms with Crippen LogP contribution in [-0.2, 0) is 18.5 Å². The van der Waals surface area contributed by atoms with Gasteiger partial charge in [0, 0.05) is 12.1 Å². The van der Waals surface area contributed by atoms with Gasteiger partial charge in [-0.05, 0) is 33.7 Å². The van der Waals surface area contributed by atoms with Crippen molar-refractivity contribution in [1.29, 1.82) is 5.26 Å². The number of nitrogens with one attached hydrogen (secondary N) is 1. The molecule has 0 saturated carbocycles. The number of hydrogen-bond donors (Lipinski definition) is 1. The van der Waals surface area contributed by atoms with Crippen molar-refractivity contribution in [3.05, 3.63) is 17.0 Å². The first-order valence-corrected chi connectivity index (χ1v) is 5.26. The molecule has 1 aliphatic rings. The van der Waals surface area contributed by atoms with Crippen LogP contribution in [0.15, 0.2) is 0 Å². The molecule has 4 nitrogen and oxygen atoms in total. The second kappa shape index (κ2) is 3.35. The molecule has 0 aliphatic carbocycles. The molecule has 0 radical (unpaired) electrons. The highest BCUT2D eigenvalue weighted by molar-refractivity contribution is 5.37. The maximum Gasteiger partial charge on any atom is 0.166 e. The van der Waals surface area contributed by atoms with E-state index < -0.39 is 0 Å². The molecule has 0 aromatic carbocycles. The smallest absolute Gasteiger partial charge is 0.166 e. The zero-order chi connectivity index (χ0) is 11.1. The number of nitriles is 1. The molecular formula is C11H16N4. The van der Waals surface area contributed by atoms with Crippen LogP contribution in [0.3, 0.4) is 0 Å². The molecule has 80 valence electrons. The maximum absolute atomic E-state index is 9.03. The van der Waals surface area contributed by atoms with Gasteiger partial charge in [0.05, 0.1) is 11.2 Å². The Morgan fingerprint density at radius 1 is 1.47 bits per heavy atom. The highest BCUT2D eigenvalue weighted by atomic mass is 15.3. The third-order valence-electron chi connectivity index (χ3n) is 2.68. The SMILES string of the molecule is CC(C)(C)n1nc(C#N)c2c1CNCC2. The summed E-state index contributed by atoms with van der Waals surface area (Å²) in [5.74, 6) is 0. The molecule has 1 N–H and O–H groups in total. The van der Waals surface area contributed by atoms with E-state index in [1.54, 1.807) is 0 Å². The molecule has 2 rings (SSSR count). The van der Waals surface area contributed by atoms with Crippen molar-refractivity contribution in [3.63, 3.8) is 0 Å². The van der Waals surface area contributed by atoms with Crippen LogP contribution in [0.5, 0.6) is 0 Å². The number of fused-ring (bicyclic) bond motifs is 1. The molecule has 15 heavy (non-hydrogen) atoms. The molecule has 1 aromatic rings. The fraction of sp³-hybridized carbons (Fsp3) is 0.636. The van der Waals surface area contributed by atoms with Crippen LogP contribution in [0.2, 0.25) is 0 Å². The van der Waals surface area contributed by atoms with Gasteiger partial charge in [-0.15, -0.1) is 0 Å². The predicted molar refractivity (Wildman–Crippen MR) is 57.3 cm³/mol. The second-order valence-corrected chi connectivity index (χ2v) is 4.90. The lowest BCUT2D eigenvalue weighted by Crippen LogP contribution is -2.31. The van der Waals surface area contributed by atoms with E-state index in [4.69, 9.17) is 5.26 Å². The van der Waals surface area contributed by atoms with E-state index in [9.17, 15) is 0 Å². The Morgan fingerprint density at radius 3 is 2.80 bits per heavy atom. The van der Waals surface area contributed by atoms with Gasteiger partial charge >= 0.3 is 0 Å². The van der Waals surface area contributed by atoms with Crippen molar-refractivity contribution in [3.8, 4) is 6.07 Å². The van der Waals surface area contributed by atoms with Crippen LogP contribution in [-0.4, -0.2) is 16.3 Å². The second-order valence-electron chi connectivity index (χ2n) is 4.90. The minimum Gasteiger partial charge on any atom is -0.311 e. The van der Waals surface area contributed by atoms with Crippen LogP contribution >= 0.6 is 0 Å². The molecule has 4 heteroatoms. The molecule has 0 saturated heterocycles. The van der Waals surface area contributed by atoms with E-state index in [0.717, 1.165) is 25.1 Å². The van der Waals surface area contributed by atoms with Crippen molar-refractivity contribution < 1.29 is 0 Å². The predicted octanol–water partition coefficient (Wildman–Crippen LogP) is 1.16. The number of aromatic nitrogens is 2. The lowest BCUT2D eigenvalue weighted by atomic mass is 10.0. The Bertz CT molecular complexity index is 417. The number of hydrogen-bond acceptors (Lipinski definition) is 3. The Kier molecular flexibility index (Phi) is 2.28. The number of nitrogens with zero attached hydrogens (tertiary/aromatic N) is 3. The van der Waals surface area contributed by atoms with Gasteiger partial charge in [-0.1, -0.05) is 0 Å². The monoisotopic (exact) mass is 204 g/mol. The molecule has 0 bridgehead atoms. The summed E-state index contributed by atoms with van der Waals surface area (Å²) < 4.78 is 1.98. The molecule has 1 aliphatic heterocycles. The summed E-state index contributed by atoms with van der Waals surface area (Å²) in [4.78, 5) is 0. The van der Waals surface area contributed by atoms with Gasteiger partial charge in [-0.3, -0.25) is 4.68 Å². The third kappa shape index (κ3) is 1.64. The molecule has 1 aromatic heterocycles. The average molecular weight is 204 g/mol. The summed E-state index contributed by atoms with van der Waals surface area (Å²) in [6, 6.07) is 2.19. The van der Waals surface area contributed by atoms with E-state index in [1.165, 1.54) is 5.69 Å². The van der Waals surface area contributed by atoms with Gasteiger partial charge in [0.25, 0.3) is 0 Å². The van der Waals surface area contributed by atoms with Crippen LogP contribution in [0, 0.1) is 11.3 Å².